The van der Waals surface area contributed by atoms with Crippen LogP contribution in [0.15, 0.2) is 24.3 Å². The molecule has 0 saturated carbocycles. The van der Waals surface area contributed by atoms with Crippen molar-refractivity contribution in [1.29, 1.82) is 0 Å². The van der Waals surface area contributed by atoms with Gasteiger partial charge in [0.1, 0.15) is 0 Å². The molecule has 0 unspecified atom stereocenters. The van der Waals surface area contributed by atoms with E-state index in [9.17, 15) is 22.8 Å². The Labute approximate surface area is 127 Å². The van der Waals surface area contributed by atoms with E-state index in [2.05, 4.69) is 5.32 Å². The molecule has 0 aliphatic heterocycles. The van der Waals surface area contributed by atoms with Gasteiger partial charge in [-0.2, -0.15) is 13.2 Å². The Morgan fingerprint density at radius 3 is 2.23 bits per heavy atom. The van der Waals surface area contributed by atoms with Crippen LogP contribution < -0.4 is 10.2 Å². The number of carbonyl (C=O) groups is 2. The summed E-state index contributed by atoms with van der Waals surface area (Å²) in [6.07, 6.45) is -3.28. The lowest BCUT2D eigenvalue weighted by atomic mass is 10.2. The first kappa shape index (κ1) is 18.0. The zero-order valence-electron chi connectivity index (χ0n) is 12.5. The second kappa shape index (κ2) is 7.82. The highest BCUT2D eigenvalue weighted by atomic mass is 19.4. The molecule has 0 saturated heterocycles. The van der Waals surface area contributed by atoms with Gasteiger partial charge in [-0.3, -0.25) is 9.59 Å². The maximum Gasteiger partial charge on any atom is 0.416 e. The van der Waals surface area contributed by atoms with E-state index in [1.807, 2.05) is 6.92 Å². The van der Waals surface area contributed by atoms with Crippen LogP contribution in [0.5, 0.6) is 0 Å². The minimum Gasteiger partial charge on any atom is -0.354 e. The van der Waals surface area contributed by atoms with Gasteiger partial charge in [-0.25, -0.2) is 0 Å². The Bertz CT molecular complexity index is 513. The minimum atomic E-state index is -4.41. The summed E-state index contributed by atoms with van der Waals surface area (Å²) >= 11 is 0. The molecule has 0 radical (unpaired) electrons. The summed E-state index contributed by atoms with van der Waals surface area (Å²) in [6.45, 7) is 3.66. The first-order chi connectivity index (χ1) is 10.3. The fourth-order valence-electron chi connectivity index (χ4n) is 1.92. The number of rotatable bonds is 6. The van der Waals surface area contributed by atoms with E-state index in [1.54, 1.807) is 0 Å². The third kappa shape index (κ3) is 5.38. The van der Waals surface area contributed by atoms with Gasteiger partial charge in [-0.1, -0.05) is 6.92 Å². The van der Waals surface area contributed by atoms with Crippen molar-refractivity contribution in [3.63, 3.8) is 0 Å². The van der Waals surface area contributed by atoms with Gasteiger partial charge in [0.25, 0.3) is 0 Å². The quantitative estimate of drug-likeness (QED) is 0.877. The molecule has 0 aromatic heterocycles. The van der Waals surface area contributed by atoms with E-state index < -0.39 is 11.7 Å². The second-order valence-electron chi connectivity index (χ2n) is 4.82. The molecule has 0 aliphatic carbocycles. The minimum absolute atomic E-state index is 0.113. The van der Waals surface area contributed by atoms with Gasteiger partial charge in [-0.15, -0.1) is 0 Å². The summed E-state index contributed by atoms with van der Waals surface area (Å²) < 4.78 is 37.5. The van der Waals surface area contributed by atoms with E-state index in [0.717, 1.165) is 18.6 Å². The number of nitrogens with one attached hydrogen (secondary N) is 1. The molecule has 4 nitrogen and oxygen atoms in total. The Kier molecular flexibility index (Phi) is 6.39. The highest BCUT2D eigenvalue weighted by molar-refractivity contribution is 5.91. The van der Waals surface area contributed by atoms with E-state index in [1.165, 1.54) is 24.0 Å². The molecule has 1 rings (SSSR count). The number of benzene rings is 1. The summed E-state index contributed by atoms with van der Waals surface area (Å²) in [5.41, 5.74) is -0.402. The highest BCUT2D eigenvalue weighted by Gasteiger charge is 2.30. The number of amides is 2. The van der Waals surface area contributed by atoms with Gasteiger partial charge >= 0.3 is 6.18 Å². The van der Waals surface area contributed by atoms with Crippen LogP contribution in [0.25, 0.3) is 0 Å². The van der Waals surface area contributed by atoms with Crippen LogP contribution in [-0.4, -0.2) is 24.9 Å². The topological polar surface area (TPSA) is 49.4 Å². The summed E-state index contributed by atoms with van der Waals surface area (Å²) in [5.74, 6) is -0.414. The lowest BCUT2D eigenvalue weighted by Gasteiger charge is -2.22. The molecule has 0 aliphatic rings. The van der Waals surface area contributed by atoms with Gasteiger partial charge in [0.15, 0.2) is 0 Å². The molecular formula is C15H19F3N2O2. The molecule has 22 heavy (non-hydrogen) atoms. The Morgan fingerprint density at radius 1 is 1.18 bits per heavy atom. The zero-order chi connectivity index (χ0) is 16.8. The van der Waals surface area contributed by atoms with E-state index in [4.69, 9.17) is 0 Å². The molecule has 0 atom stereocenters. The Hall–Kier alpha value is -2.05. The summed E-state index contributed by atoms with van der Waals surface area (Å²) in [5, 5.41) is 2.66. The normalized spacial score (nSPS) is 11.1. The molecule has 1 aromatic carbocycles. The van der Waals surface area contributed by atoms with Gasteiger partial charge in [-0.05, 0) is 30.7 Å². The maximum absolute atomic E-state index is 12.5. The average molecular weight is 316 g/mol. The zero-order valence-corrected chi connectivity index (χ0v) is 12.5. The fraction of sp³-hybridized carbons (Fsp3) is 0.467. The van der Waals surface area contributed by atoms with Crippen molar-refractivity contribution in [3.05, 3.63) is 29.8 Å². The van der Waals surface area contributed by atoms with Crippen molar-refractivity contribution in [2.75, 3.05) is 18.0 Å². The Balaban J connectivity index is 2.71. The standard InChI is InChI=1S/C15H19F3N2O2/c1-3-4-14(22)19-9-10-20(11(2)21)13-7-5-12(6-8-13)15(16,17)18/h5-8H,3-4,9-10H2,1-2H3,(H,19,22). The van der Waals surface area contributed by atoms with E-state index in [-0.39, 0.29) is 24.9 Å². The van der Waals surface area contributed by atoms with Gasteiger partial charge in [0.05, 0.1) is 5.56 Å². The molecule has 0 bridgehead atoms. The van der Waals surface area contributed by atoms with Crippen LogP contribution in [0, 0.1) is 0 Å². The molecule has 122 valence electrons. The van der Waals surface area contributed by atoms with Gasteiger partial charge in [0.2, 0.25) is 11.8 Å². The number of alkyl halides is 3. The van der Waals surface area contributed by atoms with Crippen LogP contribution in [0.3, 0.4) is 0 Å². The number of carbonyl (C=O) groups excluding carboxylic acids is 2. The SMILES string of the molecule is CCCC(=O)NCCN(C(C)=O)c1ccc(C(F)(F)F)cc1. The molecule has 7 heteroatoms. The van der Waals surface area contributed by atoms with Gasteiger partial charge in [0, 0.05) is 32.1 Å². The van der Waals surface area contributed by atoms with E-state index >= 15 is 0 Å². The molecule has 0 heterocycles. The average Bonchev–Trinajstić information content (AvgIpc) is 2.43. The first-order valence-corrected chi connectivity index (χ1v) is 6.97. The summed E-state index contributed by atoms with van der Waals surface area (Å²) in [4.78, 5) is 24.3. The number of hydrogen-bond donors (Lipinski definition) is 1. The smallest absolute Gasteiger partial charge is 0.354 e. The Morgan fingerprint density at radius 2 is 1.77 bits per heavy atom. The van der Waals surface area contributed by atoms with Crippen LogP contribution in [0.2, 0.25) is 0 Å². The number of anilines is 1. The van der Waals surface area contributed by atoms with Gasteiger partial charge < -0.3 is 10.2 Å². The number of nitrogens with zero attached hydrogens (tertiary/aromatic N) is 1. The molecular weight excluding hydrogens is 297 g/mol. The van der Waals surface area contributed by atoms with Crippen LogP contribution >= 0.6 is 0 Å². The van der Waals surface area contributed by atoms with Crippen molar-refractivity contribution < 1.29 is 22.8 Å². The van der Waals surface area contributed by atoms with Crippen molar-refractivity contribution in [3.8, 4) is 0 Å². The second-order valence-corrected chi connectivity index (χ2v) is 4.82. The first-order valence-electron chi connectivity index (χ1n) is 6.97. The largest absolute Gasteiger partial charge is 0.416 e. The number of halogens is 3. The molecule has 0 fully saturated rings. The van der Waals surface area contributed by atoms with Crippen LogP contribution in [0.4, 0.5) is 18.9 Å². The fourth-order valence-corrected chi connectivity index (χ4v) is 1.92. The molecule has 2 amide bonds. The summed E-state index contributed by atoms with van der Waals surface area (Å²) in [7, 11) is 0. The lowest BCUT2D eigenvalue weighted by Crippen LogP contribution is -2.37. The summed E-state index contributed by atoms with van der Waals surface area (Å²) in [6, 6.07) is 4.36. The molecule has 1 aromatic rings. The van der Waals surface area contributed by atoms with Crippen molar-refractivity contribution >= 4 is 17.5 Å². The van der Waals surface area contributed by atoms with Crippen LogP contribution in [-0.2, 0) is 15.8 Å². The third-order valence-corrected chi connectivity index (χ3v) is 3.02. The number of hydrogen-bond acceptors (Lipinski definition) is 2. The lowest BCUT2D eigenvalue weighted by molar-refractivity contribution is -0.137. The predicted molar refractivity (Wildman–Crippen MR) is 77.4 cm³/mol. The maximum atomic E-state index is 12.5. The molecule has 1 N–H and O–H groups in total. The van der Waals surface area contributed by atoms with E-state index in [0.29, 0.717) is 12.1 Å². The highest BCUT2D eigenvalue weighted by Crippen LogP contribution is 2.30. The monoisotopic (exact) mass is 316 g/mol. The molecule has 0 spiro atoms. The third-order valence-electron chi connectivity index (χ3n) is 3.02. The van der Waals surface area contributed by atoms with Crippen molar-refractivity contribution in [2.24, 2.45) is 0 Å². The van der Waals surface area contributed by atoms with Crippen molar-refractivity contribution in [2.45, 2.75) is 32.9 Å². The van der Waals surface area contributed by atoms with Crippen molar-refractivity contribution in [1.82, 2.24) is 5.32 Å². The predicted octanol–water partition coefficient (Wildman–Crippen LogP) is 2.97. The van der Waals surface area contributed by atoms with Crippen LogP contribution in [0.1, 0.15) is 32.3 Å².